The van der Waals surface area contributed by atoms with Crippen LogP contribution in [0.15, 0.2) is 18.2 Å². The number of para-hydroxylation sites is 1. The SMILES string of the molecule is CCOC(=O)C(=O)c1cccc(Cl)c1OC. The van der Waals surface area contributed by atoms with Gasteiger partial charge < -0.3 is 9.47 Å². The minimum atomic E-state index is -0.914. The minimum Gasteiger partial charge on any atom is -0.494 e. The van der Waals surface area contributed by atoms with Crippen LogP contribution in [-0.2, 0) is 9.53 Å². The number of ketones is 1. The van der Waals surface area contributed by atoms with Crippen molar-refractivity contribution in [2.24, 2.45) is 0 Å². The number of esters is 1. The van der Waals surface area contributed by atoms with E-state index >= 15 is 0 Å². The highest BCUT2D eigenvalue weighted by atomic mass is 35.5. The summed E-state index contributed by atoms with van der Waals surface area (Å²) in [4.78, 5) is 22.9. The molecule has 0 saturated heterocycles. The molecule has 16 heavy (non-hydrogen) atoms. The van der Waals surface area contributed by atoms with Gasteiger partial charge >= 0.3 is 5.97 Å². The normalized spacial score (nSPS) is 9.69. The van der Waals surface area contributed by atoms with Gasteiger partial charge in [-0.1, -0.05) is 17.7 Å². The van der Waals surface area contributed by atoms with Crippen molar-refractivity contribution in [3.8, 4) is 5.75 Å². The van der Waals surface area contributed by atoms with Gasteiger partial charge in [0, 0.05) is 0 Å². The van der Waals surface area contributed by atoms with Crippen molar-refractivity contribution < 1.29 is 19.1 Å². The summed E-state index contributed by atoms with van der Waals surface area (Å²) >= 11 is 5.83. The van der Waals surface area contributed by atoms with E-state index in [1.165, 1.54) is 13.2 Å². The van der Waals surface area contributed by atoms with E-state index in [1.807, 2.05) is 0 Å². The quantitative estimate of drug-likeness (QED) is 0.461. The van der Waals surface area contributed by atoms with E-state index in [0.717, 1.165) is 0 Å². The van der Waals surface area contributed by atoms with Gasteiger partial charge in [0.1, 0.15) is 5.75 Å². The zero-order valence-corrected chi connectivity index (χ0v) is 9.71. The summed E-state index contributed by atoms with van der Waals surface area (Å²) < 4.78 is 9.58. The number of methoxy groups -OCH3 is 1. The minimum absolute atomic E-state index is 0.105. The smallest absolute Gasteiger partial charge is 0.379 e. The molecule has 0 radical (unpaired) electrons. The Bertz CT molecular complexity index is 414. The number of hydrogen-bond acceptors (Lipinski definition) is 4. The second kappa shape index (κ2) is 5.51. The van der Waals surface area contributed by atoms with E-state index in [4.69, 9.17) is 16.3 Å². The zero-order valence-electron chi connectivity index (χ0n) is 8.95. The Morgan fingerprint density at radius 3 is 2.62 bits per heavy atom. The highest BCUT2D eigenvalue weighted by Gasteiger charge is 2.22. The Morgan fingerprint density at radius 2 is 2.06 bits per heavy atom. The third-order valence-corrected chi connectivity index (χ3v) is 2.17. The largest absolute Gasteiger partial charge is 0.494 e. The van der Waals surface area contributed by atoms with Crippen LogP contribution in [0, 0.1) is 0 Å². The van der Waals surface area contributed by atoms with Crippen molar-refractivity contribution in [2.45, 2.75) is 6.92 Å². The van der Waals surface area contributed by atoms with E-state index in [-0.39, 0.29) is 22.9 Å². The van der Waals surface area contributed by atoms with Gasteiger partial charge in [0.15, 0.2) is 0 Å². The van der Waals surface area contributed by atoms with Crippen LogP contribution < -0.4 is 4.74 Å². The van der Waals surface area contributed by atoms with Gasteiger partial charge in [-0.25, -0.2) is 4.79 Å². The fraction of sp³-hybridized carbons (Fsp3) is 0.273. The fourth-order valence-electron chi connectivity index (χ4n) is 1.20. The molecule has 0 N–H and O–H groups in total. The first-order valence-corrected chi connectivity index (χ1v) is 5.03. The number of halogens is 1. The molecule has 0 atom stereocenters. The number of hydrogen-bond donors (Lipinski definition) is 0. The molecule has 0 amide bonds. The van der Waals surface area contributed by atoms with Gasteiger partial charge in [0.2, 0.25) is 0 Å². The molecule has 0 saturated carbocycles. The van der Waals surface area contributed by atoms with Gasteiger partial charge in [-0.2, -0.15) is 0 Å². The third-order valence-electron chi connectivity index (χ3n) is 1.88. The highest BCUT2D eigenvalue weighted by Crippen LogP contribution is 2.28. The van der Waals surface area contributed by atoms with Crippen LogP contribution in [0.5, 0.6) is 5.75 Å². The Labute approximate surface area is 98.1 Å². The van der Waals surface area contributed by atoms with Crippen LogP contribution in [0.25, 0.3) is 0 Å². The molecule has 0 aliphatic carbocycles. The average molecular weight is 243 g/mol. The molecular formula is C11H11ClO4. The molecule has 0 heterocycles. The van der Waals surface area contributed by atoms with Crippen molar-refractivity contribution in [3.05, 3.63) is 28.8 Å². The van der Waals surface area contributed by atoms with Crippen LogP contribution in [0.1, 0.15) is 17.3 Å². The van der Waals surface area contributed by atoms with Crippen molar-refractivity contribution in [2.75, 3.05) is 13.7 Å². The maximum absolute atomic E-state index is 11.7. The van der Waals surface area contributed by atoms with Crippen molar-refractivity contribution in [1.29, 1.82) is 0 Å². The summed E-state index contributed by atoms with van der Waals surface area (Å²) in [5, 5.41) is 0.276. The lowest BCUT2D eigenvalue weighted by Gasteiger charge is -2.08. The zero-order chi connectivity index (χ0) is 12.1. The lowest BCUT2D eigenvalue weighted by atomic mass is 10.1. The van der Waals surface area contributed by atoms with Crippen LogP contribution in [-0.4, -0.2) is 25.5 Å². The first-order chi connectivity index (χ1) is 7.61. The van der Waals surface area contributed by atoms with E-state index < -0.39 is 11.8 Å². The van der Waals surface area contributed by atoms with Gasteiger partial charge in [-0.3, -0.25) is 4.79 Å². The molecule has 0 spiro atoms. The summed E-state index contributed by atoms with van der Waals surface area (Å²) in [5.74, 6) is -1.49. The number of rotatable bonds is 4. The highest BCUT2D eigenvalue weighted by molar-refractivity contribution is 6.42. The summed E-state index contributed by atoms with van der Waals surface area (Å²) in [5.41, 5.74) is 0.105. The fourth-order valence-corrected chi connectivity index (χ4v) is 1.45. The first-order valence-electron chi connectivity index (χ1n) is 4.65. The van der Waals surface area contributed by atoms with Gasteiger partial charge in [-0.15, -0.1) is 0 Å². The van der Waals surface area contributed by atoms with Crippen LogP contribution >= 0.6 is 11.6 Å². The van der Waals surface area contributed by atoms with Crippen LogP contribution in [0.3, 0.4) is 0 Å². The van der Waals surface area contributed by atoms with E-state index in [1.54, 1.807) is 19.1 Å². The standard InChI is InChI=1S/C11H11ClO4/c1-3-16-11(14)9(13)7-5-4-6-8(12)10(7)15-2/h4-6H,3H2,1-2H3. The lowest BCUT2D eigenvalue weighted by molar-refractivity contribution is -0.137. The molecule has 0 aromatic heterocycles. The lowest BCUT2D eigenvalue weighted by Crippen LogP contribution is -2.18. The molecule has 1 aromatic rings. The second-order valence-corrected chi connectivity index (χ2v) is 3.28. The predicted molar refractivity (Wildman–Crippen MR) is 59.0 cm³/mol. The maximum atomic E-state index is 11.7. The number of carbonyl (C=O) groups is 2. The van der Waals surface area contributed by atoms with E-state index in [9.17, 15) is 9.59 Å². The van der Waals surface area contributed by atoms with E-state index in [0.29, 0.717) is 0 Å². The molecule has 0 aliphatic heterocycles. The Morgan fingerprint density at radius 1 is 1.38 bits per heavy atom. The van der Waals surface area contributed by atoms with Crippen LogP contribution in [0.2, 0.25) is 5.02 Å². The van der Waals surface area contributed by atoms with Crippen LogP contribution in [0.4, 0.5) is 0 Å². The topological polar surface area (TPSA) is 52.6 Å². The number of ether oxygens (including phenoxy) is 2. The molecule has 4 nitrogen and oxygen atoms in total. The average Bonchev–Trinajstić information content (AvgIpc) is 2.28. The number of carbonyl (C=O) groups excluding carboxylic acids is 2. The molecule has 0 fully saturated rings. The van der Waals surface area contributed by atoms with Crippen molar-refractivity contribution >= 4 is 23.4 Å². The van der Waals surface area contributed by atoms with Gasteiger partial charge in [0.05, 0.1) is 24.3 Å². The maximum Gasteiger partial charge on any atom is 0.379 e. The molecule has 0 aliphatic rings. The summed E-state index contributed by atoms with van der Waals surface area (Å²) in [6, 6.07) is 4.60. The predicted octanol–water partition coefficient (Wildman–Crippen LogP) is 2.09. The molecule has 86 valence electrons. The van der Waals surface area contributed by atoms with Crippen molar-refractivity contribution in [3.63, 3.8) is 0 Å². The molecule has 1 rings (SSSR count). The summed E-state index contributed by atoms with van der Waals surface area (Å²) in [6.45, 7) is 1.77. The second-order valence-electron chi connectivity index (χ2n) is 2.87. The number of Topliss-reactive ketones (excluding diaryl/α,β-unsaturated/α-hetero) is 1. The molecular weight excluding hydrogens is 232 g/mol. The molecule has 5 heteroatoms. The van der Waals surface area contributed by atoms with E-state index in [2.05, 4.69) is 4.74 Å². The number of benzene rings is 1. The molecule has 0 unspecified atom stereocenters. The third kappa shape index (κ3) is 2.52. The Balaban J connectivity index is 3.08. The van der Waals surface area contributed by atoms with Crippen molar-refractivity contribution in [1.82, 2.24) is 0 Å². The Kier molecular flexibility index (Phi) is 4.31. The molecule has 1 aromatic carbocycles. The summed E-state index contributed by atoms with van der Waals surface area (Å²) in [7, 11) is 1.38. The first kappa shape index (κ1) is 12.5. The van der Waals surface area contributed by atoms with Gasteiger partial charge in [0.25, 0.3) is 5.78 Å². The Hall–Kier alpha value is -1.55. The van der Waals surface area contributed by atoms with Gasteiger partial charge in [-0.05, 0) is 19.1 Å². The monoisotopic (exact) mass is 242 g/mol. The molecule has 0 bridgehead atoms. The summed E-state index contributed by atoms with van der Waals surface area (Å²) in [6.07, 6.45) is 0.